The van der Waals surface area contributed by atoms with Gasteiger partial charge in [-0.1, -0.05) is 35.0 Å². The van der Waals surface area contributed by atoms with Gasteiger partial charge in [-0.2, -0.15) is 0 Å². The number of carbonyl (C=O) groups excluding carboxylic acids is 1. The monoisotopic (exact) mass is 354 g/mol. The lowest BCUT2D eigenvalue weighted by Crippen LogP contribution is -2.15. The van der Waals surface area contributed by atoms with Crippen LogP contribution in [-0.4, -0.2) is 20.9 Å². The predicted molar refractivity (Wildman–Crippen MR) is 99.7 cm³/mol. The number of anilines is 1. The number of nitrogens with one attached hydrogen (secondary N) is 1. The van der Waals surface area contributed by atoms with Gasteiger partial charge in [0.15, 0.2) is 5.69 Å². The van der Waals surface area contributed by atoms with E-state index in [2.05, 4.69) is 15.6 Å². The number of aromatic nitrogens is 3. The fraction of sp³-hybridized carbons (Fsp3) is 0.211. The highest BCUT2D eigenvalue weighted by Gasteiger charge is 2.18. The molecule has 0 bridgehead atoms. The van der Waals surface area contributed by atoms with Crippen LogP contribution in [0.2, 0.25) is 5.02 Å². The summed E-state index contributed by atoms with van der Waals surface area (Å²) in [6.45, 7) is 7.68. The van der Waals surface area contributed by atoms with Crippen LogP contribution in [0.25, 0.3) is 5.69 Å². The van der Waals surface area contributed by atoms with Gasteiger partial charge in [0.2, 0.25) is 0 Å². The van der Waals surface area contributed by atoms with Crippen molar-refractivity contribution in [1.29, 1.82) is 0 Å². The van der Waals surface area contributed by atoms with Crippen LogP contribution >= 0.6 is 11.6 Å². The number of nitrogens with zero attached hydrogens (tertiary/aromatic N) is 3. The van der Waals surface area contributed by atoms with Crippen molar-refractivity contribution in [3.05, 3.63) is 69.5 Å². The zero-order valence-corrected chi connectivity index (χ0v) is 15.3. The number of benzene rings is 2. The van der Waals surface area contributed by atoms with Crippen molar-refractivity contribution < 1.29 is 4.79 Å². The summed E-state index contributed by atoms with van der Waals surface area (Å²) in [6.07, 6.45) is 0. The van der Waals surface area contributed by atoms with Crippen molar-refractivity contribution in [2.24, 2.45) is 0 Å². The molecule has 1 amide bonds. The van der Waals surface area contributed by atoms with Crippen molar-refractivity contribution in [2.45, 2.75) is 27.7 Å². The Morgan fingerprint density at radius 2 is 1.76 bits per heavy atom. The van der Waals surface area contributed by atoms with Crippen LogP contribution in [0, 0.1) is 27.7 Å². The van der Waals surface area contributed by atoms with E-state index in [1.165, 1.54) is 0 Å². The Balaban J connectivity index is 1.91. The third-order valence-corrected chi connectivity index (χ3v) is 4.56. The number of carbonyl (C=O) groups is 1. The van der Waals surface area contributed by atoms with Gasteiger partial charge in [-0.15, -0.1) is 5.10 Å². The van der Waals surface area contributed by atoms with E-state index in [0.717, 1.165) is 28.1 Å². The Morgan fingerprint density at radius 3 is 2.48 bits per heavy atom. The molecule has 6 heteroatoms. The summed E-state index contributed by atoms with van der Waals surface area (Å²) in [4.78, 5) is 12.6. The number of aryl methyl sites for hydroxylation is 3. The molecule has 128 valence electrons. The van der Waals surface area contributed by atoms with Crippen molar-refractivity contribution in [3.63, 3.8) is 0 Å². The second-order valence-corrected chi connectivity index (χ2v) is 6.55. The average Bonchev–Trinajstić information content (AvgIpc) is 2.95. The number of halogens is 1. The van der Waals surface area contributed by atoms with Gasteiger partial charge < -0.3 is 5.32 Å². The molecule has 0 aliphatic heterocycles. The van der Waals surface area contributed by atoms with E-state index in [1.54, 1.807) is 4.68 Å². The first-order chi connectivity index (χ1) is 11.9. The summed E-state index contributed by atoms with van der Waals surface area (Å²) < 4.78 is 1.61. The fourth-order valence-electron chi connectivity index (χ4n) is 2.55. The van der Waals surface area contributed by atoms with E-state index in [4.69, 9.17) is 11.6 Å². The molecule has 3 rings (SSSR count). The lowest BCUT2D eigenvalue weighted by Gasteiger charge is -2.09. The number of amides is 1. The highest BCUT2D eigenvalue weighted by molar-refractivity contribution is 6.31. The van der Waals surface area contributed by atoms with E-state index in [1.807, 2.05) is 64.1 Å². The van der Waals surface area contributed by atoms with Gasteiger partial charge in [0.25, 0.3) is 5.91 Å². The summed E-state index contributed by atoms with van der Waals surface area (Å²) in [5, 5.41) is 11.7. The van der Waals surface area contributed by atoms with Crippen LogP contribution in [0.15, 0.2) is 36.4 Å². The summed E-state index contributed by atoms with van der Waals surface area (Å²) >= 11 is 6.18. The maximum atomic E-state index is 12.6. The van der Waals surface area contributed by atoms with Crippen LogP contribution in [0.5, 0.6) is 0 Å². The Hall–Kier alpha value is -2.66. The molecule has 0 saturated carbocycles. The predicted octanol–water partition coefficient (Wildman–Crippen LogP) is 4.41. The third kappa shape index (κ3) is 3.42. The molecule has 0 fully saturated rings. The molecule has 2 aromatic carbocycles. The number of hydrogen-bond donors (Lipinski definition) is 1. The van der Waals surface area contributed by atoms with Crippen molar-refractivity contribution in [1.82, 2.24) is 15.0 Å². The largest absolute Gasteiger partial charge is 0.320 e. The van der Waals surface area contributed by atoms with Gasteiger partial charge in [-0.05, 0) is 62.6 Å². The maximum absolute atomic E-state index is 12.6. The van der Waals surface area contributed by atoms with Crippen LogP contribution in [0.4, 0.5) is 5.69 Å². The molecule has 3 aromatic rings. The first-order valence-corrected chi connectivity index (χ1v) is 8.32. The minimum Gasteiger partial charge on any atom is -0.320 e. The van der Waals surface area contributed by atoms with Crippen LogP contribution in [0.1, 0.15) is 32.9 Å². The molecule has 1 aromatic heterocycles. The van der Waals surface area contributed by atoms with Crippen LogP contribution in [-0.2, 0) is 0 Å². The van der Waals surface area contributed by atoms with Gasteiger partial charge in [0.1, 0.15) is 0 Å². The van der Waals surface area contributed by atoms with Gasteiger partial charge >= 0.3 is 0 Å². The van der Waals surface area contributed by atoms with Gasteiger partial charge in [0.05, 0.1) is 11.4 Å². The zero-order chi connectivity index (χ0) is 18.1. The van der Waals surface area contributed by atoms with Gasteiger partial charge in [0, 0.05) is 10.7 Å². The van der Waals surface area contributed by atoms with E-state index in [9.17, 15) is 4.79 Å². The Labute approximate surface area is 151 Å². The first-order valence-electron chi connectivity index (χ1n) is 7.94. The summed E-state index contributed by atoms with van der Waals surface area (Å²) in [5.41, 5.74) is 5.55. The quantitative estimate of drug-likeness (QED) is 0.758. The summed E-state index contributed by atoms with van der Waals surface area (Å²) in [6, 6.07) is 11.5. The Bertz CT molecular complexity index is 962. The lowest BCUT2D eigenvalue weighted by molar-refractivity contribution is 0.102. The number of hydrogen-bond acceptors (Lipinski definition) is 3. The fourth-order valence-corrected chi connectivity index (χ4v) is 2.72. The van der Waals surface area contributed by atoms with E-state index >= 15 is 0 Å². The molecule has 0 radical (unpaired) electrons. The second-order valence-electron chi connectivity index (χ2n) is 6.14. The molecular weight excluding hydrogens is 336 g/mol. The topological polar surface area (TPSA) is 59.8 Å². The minimum atomic E-state index is -0.282. The molecule has 0 aliphatic rings. The zero-order valence-electron chi connectivity index (χ0n) is 14.6. The molecule has 0 unspecified atom stereocenters. The number of rotatable bonds is 3. The highest BCUT2D eigenvalue weighted by atomic mass is 35.5. The van der Waals surface area contributed by atoms with Crippen molar-refractivity contribution >= 4 is 23.2 Å². The minimum absolute atomic E-state index is 0.282. The standard InChI is InChI=1S/C19H19ClN4O/c1-11-5-6-13(3)17(9-11)21-19(25)18-14(4)24(23-22-18)15-8-7-12(2)16(20)10-15/h5-10H,1-4H3,(H,21,25). The summed E-state index contributed by atoms with van der Waals surface area (Å²) in [5.74, 6) is -0.282. The lowest BCUT2D eigenvalue weighted by atomic mass is 10.1. The van der Waals surface area contributed by atoms with Gasteiger partial charge in [-0.3, -0.25) is 4.79 Å². The SMILES string of the molecule is Cc1ccc(C)c(NC(=O)c2nnn(-c3ccc(C)c(Cl)c3)c2C)c1. The normalized spacial score (nSPS) is 10.8. The molecule has 0 atom stereocenters. The third-order valence-electron chi connectivity index (χ3n) is 4.15. The molecule has 0 saturated heterocycles. The second kappa shape index (κ2) is 6.69. The highest BCUT2D eigenvalue weighted by Crippen LogP contribution is 2.22. The molecule has 1 N–H and O–H groups in total. The molecule has 0 spiro atoms. The first kappa shape index (κ1) is 17.2. The molecule has 0 aliphatic carbocycles. The van der Waals surface area contributed by atoms with Crippen molar-refractivity contribution in [3.8, 4) is 5.69 Å². The Morgan fingerprint density at radius 1 is 1.04 bits per heavy atom. The Kier molecular flexibility index (Phi) is 4.59. The van der Waals surface area contributed by atoms with E-state index < -0.39 is 0 Å². The van der Waals surface area contributed by atoms with E-state index in [0.29, 0.717) is 10.7 Å². The average molecular weight is 355 g/mol. The van der Waals surface area contributed by atoms with E-state index in [-0.39, 0.29) is 11.6 Å². The summed E-state index contributed by atoms with van der Waals surface area (Å²) in [7, 11) is 0. The van der Waals surface area contributed by atoms with Gasteiger partial charge in [-0.25, -0.2) is 4.68 Å². The van der Waals surface area contributed by atoms with Crippen LogP contribution < -0.4 is 5.32 Å². The molecule has 25 heavy (non-hydrogen) atoms. The molecular formula is C19H19ClN4O. The molecule has 1 heterocycles. The molecule has 5 nitrogen and oxygen atoms in total. The van der Waals surface area contributed by atoms with Crippen LogP contribution in [0.3, 0.4) is 0 Å². The van der Waals surface area contributed by atoms with Crippen molar-refractivity contribution in [2.75, 3.05) is 5.32 Å². The maximum Gasteiger partial charge on any atom is 0.278 e. The smallest absolute Gasteiger partial charge is 0.278 e.